The van der Waals surface area contributed by atoms with Gasteiger partial charge in [-0.25, -0.2) is 0 Å². The van der Waals surface area contributed by atoms with Gasteiger partial charge in [-0.3, -0.25) is 4.90 Å². The van der Waals surface area contributed by atoms with Crippen LogP contribution in [0.3, 0.4) is 0 Å². The maximum atomic E-state index is 2.52. The van der Waals surface area contributed by atoms with Gasteiger partial charge in [0.2, 0.25) is 0 Å². The lowest BCUT2D eigenvalue weighted by Gasteiger charge is -2.35. The Labute approximate surface area is 96.3 Å². The molecule has 1 fully saturated rings. The van der Waals surface area contributed by atoms with Gasteiger partial charge in [0.1, 0.15) is 0 Å². The summed E-state index contributed by atoms with van der Waals surface area (Å²) in [7, 11) is 0. The van der Waals surface area contributed by atoms with E-state index in [1.165, 1.54) is 24.7 Å². The predicted molar refractivity (Wildman–Crippen MR) is 68.6 cm³/mol. The molecule has 0 radical (unpaired) electrons. The fraction of sp³-hybridized carbons (Fsp3) is 0.500. The smallest absolute Gasteiger partial charge is 0.0442 e. The van der Waals surface area contributed by atoms with E-state index >= 15 is 0 Å². The molecule has 0 aliphatic carbocycles. The van der Waals surface area contributed by atoms with Gasteiger partial charge in [-0.1, -0.05) is 18.2 Å². The maximum absolute atomic E-state index is 2.52. The van der Waals surface area contributed by atoms with Crippen LogP contribution in [0.25, 0.3) is 0 Å². The first-order valence-electron chi connectivity index (χ1n) is 5.41. The zero-order valence-electron chi connectivity index (χ0n) is 9.22. The first-order chi connectivity index (χ1) is 7.40. The minimum absolute atomic E-state index is 1.16. The monoisotopic (exact) mass is 222 g/mol. The molecule has 1 aromatic rings. The number of hydrogen-bond donors (Lipinski definition) is 0. The molecule has 3 heteroatoms. The molecular formula is C12H18N2S. The number of hydrogen-bond acceptors (Lipinski definition) is 3. The highest BCUT2D eigenvalue weighted by atomic mass is 32.2. The Hall–Kier alpha value is -0.670. The molecule has 1 heterocycles. The molecule has 1 saturated heterocycles. The first kappa shape index (κ1) is 10.8. The standard InChI is InChI=1S/C12H18N2S/c1-15-11-13-7-9-14(10-8-13)12-5-3-2-4-6-12/h2-6H,7-11H2,1H3. The average molecular weight is 222 g/mol. The first-order valence-corrected chi connectivity index (χ1v) is 6.81. The van der Waals surface area contributed by atoms with Crippen LogP contribution in [0.4, 0.5) is 5.69 Å². The third-order valence-corrected chi connectivity index (χ3v) is 3.43. The van der Waals surface area contributed by atoms with Crippen molar-refractivity contribution >= 4 is 17.4 Å². The Kier molecular flexibility index (Phi) is 3.92. The second-order valence-electron chi connectivity index (χ2n) is 3.86. The van der Waals surface area contributed by atoms with Gasteiger partial charge in [0.05, 0.1) is 0 Å². The number of thioether (sulfide) groups is 1. The summed E-state index contributed by atoms with van der Waals surface area (Å²) >= 11 is 1.91. The third kappa shape index (κ3) is 2.89. The number of rotatable bonds is 3. The summed E-state index contributed by atoms with van der Waals surface area (Å²) in [5.74, 6) is 1.17. The van der Waals surface area contributed by atoms with Crippen LogP contribution in [0.1, 0.15) is 0 Å². The van der Waals surface area contributed by atoms with E-state index in [0.717, 1.165) is 13.1 Å². The number of nitrogens with zero attached hydrogens (tertiary/aromatic N) is 2. The van der Waals surface area contributed by atoms with Crippen molar-refractivity contribution in [1.82, 2.24) is 4.90 Å². The summed E-state index contributed by atoms with van der Waals surface area (Å²) < 4.78 is 0. The Morgan fingerprint density at radius 3 is 2.33 bits per heavy atom. The molecule has 0 amide bonds. The highest BCUT2D eigenvalue weighted by Crippen LogP contribution is 2.15. The molecule has 2 rings (SSSR count). The van der Waals surface area contributed by atoms with Gasteiger partial charge < -0.3 is 4.90 Å². The van der Waals surface area contributed by atoms with Crippen LogP contribution in [0.15, 0.2) is 30.3 Å². The quantitative estimate of drug-likeness (QED) is 0.773. The summed E-state index contributed by atoms with van der Waals surface area (Å²) in [5.41, 5.74) is 1.36. The Morgan fingerprint density at radius 1 is 1.07 bits per heavy atom. The van der Waals surface area contributed by atoms with Gasteiger partial charge in [-0.2, -0.15) is 0 Å². The van der Waals surface area contributed by atoms with E-state index in [1.807, 2.05) is 11.8 Å². The Bertz CT molecular complexity index is 281. The van der Waals surface area contributed by atoms with Gasteiger partial charge in [0.15, 0.2) is 0 Å². The lowest BCUT2D eigenvalue weighted by Crippen LogP contribution is -2.46. The highest BCUT2D eigenvalue weighted by molar-refractivity contribution is 7.98. The van der Waals surface area contributed by atoms with Crippen molar-refractivity contribution < 1.29 is 0 Å². The third-order valence-electron chi connectivity index (χ3n) is 2.81. The van der Waals surface area contributed by atoms with Gasteiger partial charge in [-0.15, -0.1) is 11.8 Å². The van der Waals surface area contributed by atoms with Gasteiger partial charge >= 0.3 is 0 Å². The van der Waals surface area contributed by atoms with E-state index in [-0.39, 0.29) is 0 Å². The van der Waals surface area contributed by atoms with Crippen LogP contribution in [0, 0.1) is 0 Å². The number of para-hydroxylation sites is 1. The van der Waals surface area contributed by atoms with E-state index in [4.69, 9.17) is 0 Å². The summed E-state index contributed by atoms with van der Waals surface area (Å²) in [4.78, 5) is 4.99. The fourth-order valence-corrected chi connectivity index (χ4v) is 2.58. The molecule has 0 atom stereocenters. The van der Waals surface area contributed by atoms with E-state index in [1.54, 1.807) is 0 Å². The summed E-state index contributed by atoms with van der Waals surface area (Å²) in [5, 5.41) is 0. The van der Waals surface area contributed by atoms with E-state index in [9.17, 15) is 0 Å². The molecular weight excluding hydrogens is 204 g/mol. The second kappa shape index (κ2) is 5.42. The van der Waals surface area contributed by atoms with Crippen molar-refractivity contribution in [2.75, 3.05) is 43.2 Å². The van der Waals surface area contributed by atoms with Crippen LogP contribution in [0.5, 0.6) is 0 Å². The molecule has 1 aliphatic heterocycles. The van der Waals surface area contributed by atoms with E-state index in [2.05, 4.69) is 46.4 Å². The molecule has 0 aromatic heterocycles. The average Bonchev–Trinajstić information content (AvgIpc) is 2.32. The molecule has 0 unspecified atom stereocenters. The van der Waals surface area contributed by atoms with Crippen LogP contribution < -0.4 is 4.90 Å². The summed E-state index contributed by atoms with van der Waals surface area (Å²) in [6.07, 6.45) is 2.17. The van der Waals surface area contributed by atoms with E-state index < -0.39 is 0 Å². The molecule has 2 nitrogen and oxygen atoms in total. The number of piperazine rings is 1. The Balaban J connectivity index is 1.88. The van der Waals surface area contributed by atoms with Crippen molar-refractivity contribution in [3.63, 3.8) is 0 Å². The zero-order valence-corrected chi connectivity index (χ0v) is 10.0. The maximum Gasteiger partial charge on any atom is 0.0442 e. The van der Waals surface area contributed by atoms with E-state index in [0.29, 0.717) is 0 Å². The van der Waals surface area contributed by atoms with Crippen LogP contribution >= 0.6 is 11.8 Å². The van der Waals surface area contributed by atoms with Crippen LogP contribution in [-0.4, -0.2) is 43.2 Å². The molecule has 1 aromatic carbocycles. The minimum atomic E-state index is 1.16. The Morgan fingerprint density at radius 2 is 1.73 bits per heavy atom. The molecule has 0 N–H and O–H groups in total. The number of benzene rings is 1. The van der Waals surface area contributed by atoms with Crippen molar-refractivity contribution in [2.24, 2.45) is 0 Å². The minimum Gasteiger partial charge on any atom is -0.369 e. The fourth-order valence-electron chi connectivity index (χ4n) is 1.96. The van der Waals surface area contributed by atoms with Crippen molar-refractivity contribution in [1.29, 1.82) is 0 Å². The lowest BCUT2D eigenvalue weighted by atomic mass is 10.2. The van der Waals surface area contributed by atoms with Crippen molar-refractivity contribution in [3.8, 4) is 0 Å². The predicted octanol–water partition coefficient (Wildman–Crippen LogP) is 2.13. The SMILES string of the molecule is CSCN1CCN(c2ccccc2)CC1. The number of anilines is 1. The summed E-state index contributed by atoms with van der Waals surface area (Å²) in [6.45, 7) is 4.70. The van der Waals surface area contributed by atoms with Gasteiger partial charge in [-0.05, 0) is 18.4 Å². The molecule has 15 heavy (non-hydrogen) atoms. The molecule has 0 saturated carbocycles. The molecule has 1 aliphatic rings. The lowest BCUT2D eigenvalue weighted by molar-refractivity contribution is 0.301. The normalized spacial score (nSPS) is 18.1. The topological polar surface area (TPSA) is 6.48 Å². The molecule has 0 bridgehead atoms. The molecule has 82 valence electrons. The van der Waals surface area contributed by atoms with Gasteiger partial charge in [0, 0.05) is 37.7 Å². The van der Waals surface area contributed by atoms with Crippen molar-refractivity contribution in [2.45, 2.75) is 0 Å². The largest absolute Gasteiger partial charge is 0.369 e. The van der Waals surface area contributed by atoms with Crippen molar-refractivity contribution in [3.05, 3.63) is 30.3 Å². The second-order valence-corrected chi connectivity index (χ2v) is 4.69. The van der Waals surface area contributed by atoms with Crippen LogP contribution in [0.2, 0.25) is 0 Å². The molecule has 0 spiro atoms. The summed E-state index contributed by atoms with van der Waals surface area (Å²) in [6, 6.07) is 10.7. The van der Waals surface area contributed by atoms with Crippen LogP contribution in [-0.2, 0) is 0 Å². The van der Waals surface area contributed by atoms with Gasteiger partial charge in [0.25, 0.3) is 0 Å². The highest BCUT2D eigenvalue weighted by Gasteiger charge is 2.15. The zero-order chi connectivity index (χ0) is 10.5.